The number of hydrogen-bond donors (Lipinski definition) is 3. The van der Waals surface area contributed by atoms with Gasteiger partial charge in [-0.15, -0.1) is 0 Å². The van der Waals surface area contributed by atoms with Gasteiger partial charge in [0.1, 0.15) is 23.6 Å². The molecule has 4 aromatic carbocycles. The van der Waals surface area contributed by atoms with Crippen LogP contribution in [-0.4, -0.2) is 82.0 Å². The summed E-state index contributed by atoms with van der Waals surface area (Å²) in [6, 6.07) is 22.2. The molecule has 0 aromatic heterocycles. The van der Waals surface area contributed by atoms with E-state index >= 15 is 0 Å². The van der Waals surface area contributed by atoms with E-state index in [1.54, 1.807) is 72.8 Å². The Morgan fingerprint density at radius 1 is 0.821 bits per heavy atom. The first-order chi connectivity index (χ1) is 26.9. The van der Waals surface area contributed by atoms with Crippen molar-refractivity contribution < 1.29 is 38.2 Å². The molecule has 0 fully saturated rings. The van der Waals surface area contributed by atoms with E-state index in [2.05, 4.69) is 29.8 Å². The molecule has 0 aliphatic carbocycles. The molecule has 12 nitrogen and oxygen atoms in total. The second-order valence-electron chi connectivity index (χ2n) is 13.1. The van der Waals surface area contributed by atoms with Crippen LogP contribution in [0.4, 0.5) is 0 Å². The maximum Gasteiger partial charge on any atom is 0.328 e. The fourth-order valence-electron chi connectivity index (χ4n) is 6.17. The van der Waals surface area contributed by atoms with Crippen molar-refractivity contribution in [2.45, 2.75) is 51.6 Å². The molecule has 3 N–H and O–H groups in total. The second kappa shape index (κ2) is 20.7. The molecule has 1 aliphatic heterocycles. The first kappa shape index (κ1) is 42.9. The van der Waals surface area contributed by atoms with Gasteiger partial charge in [-0.1, -0.05) is 81.1 Å². The van der Waals surface area contributed by atoms with Crippen molar-refractivity contribution in [3.05, 3.63) is 107 Å². The number of fused-ring (bicyclic) bond motifs is 5. The highest BCUT2D eigenvalue weighted by atomic mass is 35.5. The summed E-state index contributed by atoms with van der Waals surface area (Å²) in [5.74, 6) is -2.09. The molecule has 0 saturated heterocycles. The number of likely N-dealkylation sites (N-methyl/N-ethyl adjacent to an activating group) is 1. The lowest BCUT2D eigenvalue weighted by Gasteiger charge is -2.29. The highest BCUT2D eigenvalue weighted by Gasteiger charge is 2.31. The Labute approximate surface area is 332 Å². The predicted octanol–water partition coefficient (Wildman–Crippen LogP) is 6.15. The molecule has 0 spiro atoms. The monoisotopic (exact) mass is 784 g/mol. The van der Waals surface area contributed by atoms with Gasteiger partial charge in [0.05, 0.1) is 34.4 Å². The summed E-state index contributed by atoms with van der Waals surface area (Å²) in [6.07, 6.45) is 4.18. The Bertz CT molecular complexity index is 2000. The molecule has 1 aliphatic rings. The van der Waals surface area contributed by atoms with Gasteiger partial charge < -0.3 is 35.1 Å². The number of esters is 1. The van der Waals surface area contributed by atoms with E-state index in [4.69, 9.17) is 25.8 Å². The van der Waals surface area contributed by atoms with Gasteiger partial charge in [0, 0.05) is 35.2 Å². The number of hydrogen-bond acceptors (Lipinski definition) is 8. The van der Waals surface area contributed by atoms with Crippen LogP contribution in [0, 0.1) is 0 Å². The third kappa shape index (κ3) is 11.1. The summed E-state index contributed by atoms with van der Waals surface area (Å²) in [7, 11) is 5.66. The lowest BCUT2D eigenvalue weighted by Crippen LogP contribution is -2.49. The van der Waals surface area contributed by atoms with Crippen LogP contribution < -0.4 is 25.4 Å². The third-order valence-corrected chi connectivity index (χ3v) is 9.49. The number of benzene rings is 4. The number of unbranched alkanes of at least 4 members (excludes halogenated alkanes) is 2. The minimum absolute atomic E-state index is 0.101. The molecule has 2 unspecified atom stereocenters. The van der Waals surface area contributed by atoms with Crippen LogP contribution in [0.3, 0.4) is 0 Å². The Balaban J connectivity index is 0.00000131. The van der Waals surface area contributed by atoms with E-state index in [0.29, 0.717) is 44.3 Å². The topological polar surface area (TPSA) is 152 Å². The number of nitrogens with one attached hydrogen (secondary N) is 3. The largest absolute Gasteiger partial charge is 0.496 e. The number of amides is 4. The molecule has 1 heterocycles. The maximum absolute atomic E-state index is 13.8. The summed E-state index contributed by atoms with van der Waals surface area (Å²) in [4.78, 5) is 67.2. The first-order valence-corrected chi connectivity index (χ1v) is 18.7. The van der Waals surface area contributed by atoms with Gasteiger partial charge in [-0.25, -0.2) is 4.79 Å². The molecule has 56 heavy (non-hydrogen) atoms. The van der Waals surface area contributed by atoms with Crippen molar-refractivity contribution in [3.63, 3.8) is 0 Å². The molecule has 4 aromatic rings. The van der Waals surface area contributed by atoms with Gasteiger partial charge in [0.25, 0.3) is 5.91 Å². The highest BCUT2D eigenvalue weighted by Crippen LogP contribution is 2.39. The van der Waals surface area contributed by atoms with Gasteiger partial charge >= 0.3 is 5.97 Å². The zero-order chi connectivity index (χ0) is 40.8. The Morgan fingerprint density at radius 2 is 1.41 bits per heavy atom. The van der Waals surface area contributed by atoms with Gasteiger partial charge in [-0.05, 0) is 70.8 Å². The van der Waals surface area contributed by atoms with E-state index in [-0.39, 0.29) is 6.42 Å². The van der Waals surface area contributed by atoms with Crippen LogP contribution in [0.2, 0.25) is 5.02 Å². The number of carbonyl (C=O) groups excluding carboxylic acids is 5. The quantitative estimate of drug-likeness (QED) is 0.162. The normalized spacial score (nSPS) is 15.1. The molecular weight excluding hydrogens is 736 g/mol. The average molecular weight is 785 g/mol. The molecule has 0 saturated carbocycles. The number of ether oxygens (including phenoxy) is 3. The summed E-state index contributed by atoms with van der Waals surface area (Å²) in [6.45, 7) is 3.52. The minimum atomic E-state index is -1.24. The maximum atomic E-state index is 13.8. The van der Waals surface area contributed by atoms with E-state index in [1.807, 2.05) is 12.1 Å². The minimum Gasteiger partial charge on any atom is -0.496 e. The standard InChI is InChI=1S/C38H37ClN4O8.C5H12/c1-43(34(45)21-41-36(46)25-8-6-23(7-9-25)24-10-13-27(39)14-11-24)35-26-12-16-32(50-3)29(19-26)28-17-22(5-15-31(28)49-2)18-30(38(48)51-4)42-33(44)20-40-37(35)47;1-3-5-4-2/h5-17,19,30,35H,18,20-21H2,1-4H3,(H,40,47)(H,41,46)(H,42,44);3-5H2,1-2H3. The van der Waals surface area contributed by atoms with Gasteiger partial charge in [0.2, 0.25) is 17.7 Å². The molecule has 2 atom stereocenters. The van der Waals surface area contributed by atoms with Crippen LogP contribution in [0.25, 0.3) is 22.3 Å². The van der Waals surface area contributed by atoms with E-state index in [0.717, 1.165) is 11.1 Å². The smallest absolute Gasteiger partial charge is 0.328 e. The lowest BCUT2D eigenvalue weighted by molar-refractivity contribution is -0.145. The predicted molar refractivity (Wildman–Crippen MR) is 216 cm³/mol. The SMILES string of the molecule is CCCCC.COC(=O)C1Cc2ccc(OC)c(c2)-c2cc(ccc2OC)C(N(C)C(=O)CNC(=O)c2ccc(-c3ccc(Cl)cc3)cc2)C(=O)NCC(=O)N1. The summed E-state index contributed by atoms with van der Waals surface area (Å²) >= 11 is 5.99. The van der Waals surface area contributed by atoms with Crippen LogP contribution in [0.15, 0.2) is 84.9 Å². The number of halogens is 1. The molecule has 5 rings (SSSR count). The molecule has 13 heteroatoms. The van der Waals surface area contributed by atoms with E-state index < -0.39 is 54.8 Å². The molecule has 296 valence electrons. The highest BCUT2D eigenvalue weighted by molar-refractivity contribution is 6.30. The van der Waals surface area contributed by atoms with Gasteiger partial charge in [0.15, 0.2) is 0 Å². The number of rotatable bonds is 10. The number of methoxy groups -OCH3 is 3. The van der Waals surface area contributed by atoms with Crippen molar-refractivity contribution in [2.75, 3.05) is 41.5 Å². The van der Waals surface area contributed by atoms with Crippen molar-refractivity contribution >= 4 is 41.2 Å². The van der Waals surface area contributed by atoms with E-state index in [9.17, 15) is 24.0 Å². The van der Waals surface area contributed by atoms with Crippen molar-refractivity contribution in [3.8, 4) is 33.8 Å². The van der Waals surface area contributed by atoms with Gasteiger partial charge in [-0.3, -0.25) is 19.2 Å². The fraction of sp³-hybridized carbons (Fsp3) is 0.326. The lowest BCUT2D eigenvalue weighted by atomic mass is 9.94. The molecule has 4 bridgehead atoms. The average Bonchev–Trinajstić information content (AvgIpc) is 3.21. The zero-order valence-corrected chi connectivity index (χ0v) is 33.3. The number of nitrogens with zero attached hydrogens (tertiary/aromatic N) is 1. The second-order valence-corrected chi connectivity index (χ2v) is 13.5. The number of carbonyl (C=O) groups is 5. The molecule has 0 radical (unpaired) electrons. The van der Waals surface area contributed by atoms with Crippen molar-refractivity contribution in [2.24, 2.45) is 0 Å². The fourth-order valence-corrected chi connectivity index (χ4v) is 6.29. The van der Waals surface area contributed by atoms with Crippen molar-refractivity contribution in [1.82, 2.24) is 20.9 Å². The summed E-state index contributed by atoms with van der Waals surface area (Å²) in [5.41, 5.74) is 4.39. The van der Waals surface area contributed by atoms with Gasteiger partial charge in [-0.2, -0.15) is 0 Å². The van der Waals surface area contributed by atoms with Crippen LogP contribution in [0.1, 0.15) is 60.6 Å². The first-order valence-electron chi connectivity index (χ1n) is 18.3. The van der Waals surface area contributed by atoms with Crippen LogP contribution >= 0.6 is 11.6 Å². The Kier molecular flexibility index (Phi) is 15.8. The van der Waals surface area contributed by atoms with Crippen LogP contribution in [-0.2, 0) is 30.3 Å². The zero-order valence-electron chi connectivity index (χ0n) is 32.6. The van der Waals surface area contributed by atoms with Crippen LogP contribution in [0.5, 0.6) is 11.5 Å². The summed E-state index contributed by atoms with van der Waals surface area (Å²) < 4.78 is 16.3. The van der Waals surface area contributed by atoms with Crippen molar-refractivity contribution in [1.29, 1.82) is 0 Å². The Morgan fingerprint density at radius 3 is 1.98 bits per heavy atom. The molecular formula is C43H49ClN4O8. The third-order valence-electron chi connectivity index (χ3n) is 9.24. The molecule has 4 amide bonds. The van der Waals surface area contributed by atoms with E-state index in [1.165, 1.54) is 52.5 Å². The Hall–Kier alpha value is -5.88. The summed E-state index contributed by atoms with van der Waals surface area (Å²) in [5, 5.41) is 8.45.